The topological polar surface area (TPSA) is 36.9 Å². The van der Waals surface area contributed by atoms with Crippen LogP contribution in [0.4, 0.5) is 0 Å². The zero-order valence-electron chi connectivity index (χ0n) is 25.2. The van der Waals surface area contributed by atoms with E-state index in [1.165, 1.54) is 10.4 Å². The molecule has 0 aromatic heterocycles. The van der Waals surface area contributed by atoms with Gasteiger partial charge in [0.25, 0.3) is 8.32 Å². The van der Waals surface area contributed by atoms with Gasteiger partial charge in [-0.1, -0.05) is 128 Å². The fourth-order valence-corrected chi connectivity index (χ4v) is 11.2. The lowest BCUT2D eigenvalue weighted by Crippen LogP contribution is -2.68. The van der Waals surface area contributed by atoms with Gasteiger partial charge < -0.3 is 18.6 Å². The smallest absolute Gasteiger partial charge is 0.261 e. The zero-order valence-corrected chi connectivity index (χ0v) is 27.8. The van der Waals surface area contributed by atoms with Crippen LogP contribution in [0.25, 0.3) is 0 Å². The number of hydrogen-bond donors (Lipinski definition) is 0. The third-order valence-electron chi connectivity index (χ3n) is 8.05. The van der Waals surface area contributed by atoms with Gasteiger partial charge in [0.15, 0.2) is 6.29 Å². The Bertz CT molecular complexity index is 1090. The predicted octanol–water partition coefficient (Wildman–Crippen LogP) is 7.15. The normalized spacial score (nSPS) is 24.2. The minimum Gasteiger partial charge on any atom is -0.402 e. The molecule has 41 heavy (non-hydrogen) atoms. The average molecular weight is 640 g/mol. The SMILES string of the molecule is CC/C=C/C[C@@H](Br)[C@H]1C[C@H](O[Si](c2ccccc2)(c2ccccc2)C(C)(C)C)[C@@H](CC#CCOC2CCCCO2)O1. The van der Waals surface area contributed by atoms with Crippen molar-refractivity contribution in [1.82, 2.24) is 0 Å². The van der Waals surface area contributed by atoms with E-state index in [2.05, 4.69) is 128 Å². The first-order valence-corrected chi connectivity index (χ1v) is 18.1. The van der Waals surface area contributed by atoms with Crippen LogP contribution in [-0.4, -0.2) is 51.0 Å². The Balaban J connectivity index is 1.60. The Morgan fingerprint density at radius 3 is 2.27 bits per heavy atom. The van der Waals surface area contributed by atoms with Crippen molar-refractivity contribution in [1.29, 1.82) is 0 Å². The highest BCUT2D eigenvalue weighted by Crippen LogP contribution is 2.41. The van der Waals surface area contributed by atoms with Crippen molar-refractivity contribution in [2.24, 2.45) is 0 Å². The Labute approximate surface area is 257 Å². The summed E-state index contributed by atoms with van der Waals surface area (Å²) in [4.78, 5) is 0.222. The molecule has 0 aliphatic carbocycles. The van der Waals surface area contributed by atoms with E-state index >= 15 is 0 Å². The Kier molecular flexibility index (Phi) is 12.3. The molecule has 222 valence electrons. The van der Waals surface area contributed by atoms with Crippen LogP contribution in [0.3, 0.4) is 0 Å². The van der Waals surface area contributed by atoms with Gasteiger partial charge in [-0.2, -0.15) is 0 Å². The van der Waals surface area contributed by atoms with Crippen LogP contribution in [0, 0.1) is 11.8 Å². The Hall–Kier alpha value is -1.72. The maximum absolute atomic E-state index is 7.56. The number of hydrogen-bond acceptors (Lipinski definition) is 4. The highest BCUT2D eigenvalue weighted by atomic mass is 79.9. The lowest BCUT2D eigenvalue weighted by molar-refractivity contribution is -0.154. The van der Waals surface area contributed by atoms with Crippen molar-refractivity contribution >= 4 is 34.6 Å². The van der Waals surface area contributed by atoms with Crippen molar-refractivity contribution in [3.8, 4) is 11.8 Å². The molecule has 0 amide bonds. The number of alkyl halides is 1. The van der Waals surface area contributed by atoms with E-state index < -0.39 is 8.32 Å². The monoisotopic (exact) mass is 638 g/mol. The molecule has 5 atom stereocenters. The van der Waals surface area contributed by atoms with Crippen LogP contribution in [0.1, 0.15) is 72.6 Å². The minimum absolute atomic E-state index is 0.0541. The molecule has 0 radical (unpaired) electrons. The summed E-state index contributed by atoms with van der Waals surface area (Å²) >= 11 is 3.95. The first kappa shape index (κ1) is 32.2. The molecule has 0 saturated carbocycles. The quantitative estimate of drug-likeness (QED) is 0.113. The molecular formula is C35H47BrO4Si. The van der Waals surface area contributed by atoms with Gasteiger partial charge in [-0.05, 0) is 47.5 Å². The number of ether oxygens (including phenoxy) is 3. The number of halogens is 1. The second kappa shape index (κ2) is 15.7. The van der Waals surface area contributed by atoms with Crippen molar-refractivity contribution in [3.63, 3.8) is 0 Å². The molecule has 2 saturated heterocycles. The average Bonchev–Trinajstić information content (AvgIpc) is 3.39. The molecule has 2 aliphatic rings. The lowest BCUT2D eigenvalue weighted by atomic mass is 10.1. The summed E-state index contributed by atoms with van der Waals surface area (Å²) in [5, 5.41) is 2.47. The van der Waals surface area contributed by atoms with E-state index in [9.17, 15) is 0 Å². The van der Waals surface area contributed by atoms with Gasteiger partial charge in [0.1, 0.15) is 6.61 Å². The summed E-state index contributed by atoms with van der Waals surface area (Å²) in [6.45, 7) is 10.3. The molecule has 4 rings (SSSR count). The molecule has 2 aromatic carbocycles. The summed E-state index contributed by atoms with van der Waals surface area (Å²) in [7, 11) is -2.73. The lowest BCUT2D eigenvalue weighted by Gasteiger charge is -2.45. The van der Waals surface area contributed by atoms with Crippen molar-refractivity contribution in [2.75, 3.05) is 13.2 Å². The summed E-state index contributed by atoms with van der Waals surface area (Å²) < 4.78 is 25.8. The van der Waals surface area contributed by atoms with Gasteiger partial charge in [-0.25, -0.2) is 0 Å². The molecule has 0 bridgehead atoms. The number of rotatable bonds is 11. The second-order valence-corrected chi connectivity index (χ2v) is 17.5. The van der Waals surface area contributed by atoms with E-state index in [4.69, 9.17) is 18.6 Å². The van der Waals surface area contributed by atoms with Gasteiger partial charge in [0, 0.05) is 24.3 Å². The Morgan fingerprint density at radius 2 is 1.68 bits per heavy atom. The zero-order chi connectivity index (χ0) is 29.1. The maximum Gasteiger partial charge on any atom is 0.261 e. The minimum atomic E-state index is -2.73. The fraction of sp³-hybridized carbons (Fsp3) is 0.543. The van der Waals surface area contributed by atoms with Gasteiger partial charge in [-0.15, -0.1) is 0 Å². The van der Waals surface area contributed by atoms with E-state index in [0.717, 1.165) is 45.1 Å². The highest BCUT2D eigenvalue weighted by molar-refractivity contribution is 9.09. The van der Waals surface area contributed by atoms with E-state index in [1.54, 1.807) is 0 Å². The van der Waals surface area contributed by atoms with E-state index in [-0.39, 0.29) is 34.5 Å². The predicted molar refractivity (Wildman–Crippen MR) is 174 cm³/mol. The van der Waals surface area contributed by atoms with Gasteiger partial charge in [-0.3, -0.25) is 0 Å². The van der Waals surface area contributed by atoms with Crippen LogP contribution in [0.2, 0.25) is 5.04 Å². The molecule has 1 unspecified atom stereocenters. The van der Waals surface area contributed by atoms with Crippen LogP contribution in [-0.2, 0) is 18.6 Å². The second-order valence-electron chi connectivity index (χ2n) is 12.1. The van der Waals surface area contributed by atoms with Crippen molar-refractivity contribution < 1.29 is 18.6 Å². The van der Waals surface area contributed by atoms with Gasteiger partial charge in [0.2, 0.25) is 0 Å². The Morgan fingerprint density at radius 1 is 1.00 bits per heavy atom. The van der Waals surface area contributed by atoms with Crippen LogP contribution < -0.4 is 10.4 Å². The van der Waals surface area contributed by atoms with E-state index in [0.29, 0.717) is 13.0 Å². The van der Waals surface area contributed by atoms with Gasteiger partial charge >= 0.3 is 0 Å². The standard InChI is InChI=1S/C35H47BrO4Si/c1-5-6-9-22-30(36)32-27-33(31(39-32)23-14-16-25-37-34-24-15-17-26-38-34)40-41(35(2,3)4,28-18-10-7-11-19-28)29-20-12-8-13-21-29/h6-13,18-21,30-34H,5,15,17,22-27H2,1-4H3/b9-6+/t30-,31-,32-,33+,34?/m1/s1. The molecular weight excluding hydrogens is 592 g/mol. The molecule has 6 heteroatoms. The summed E-state index contributed by atoms with van der Waals surface area (Å²) in [5.74, 6) is 6.59. The molecule has 2 aliphatic heterocycles. The molecule has 0 spiro atoms. The first-order chi connectivity index (χ1) is 19.8. The van der Waals surface area contributed by atoms with Crippen molar-refractivity contribution in [2.45, 2.75) is 107 Å². The first-order valence-electron chi connectivity index (χ1n) is 15.3. The number of benzene rings is 2. The third kappa shape index (κ3) is 8.44. The summed E-state index contributed by atoms with van der Waals surface area (Å²) in [6.07, 6.45) is 10.8. The largest absolute Gasteiger partial charge is 0.402 e. The highest BCUT2D eigenvalue weighted by Gasteiger charge is 2.53. The maximum atomic E-state index is 7.56. The molecule has 4 nitrogen and oxygen atoms in total. The van der Waals surface area contributed by atoms with E-state index in [1.807, 2.05) is 0 Å². The van der Waals surface area contributed by atoms with Crippen molar-refractivity contribution in [3.05, 3.63) is 72.8 Å². The van der Waals surface area contributed by atoms with Gasteiger partial charge in [0.05, 0.1) is 18.3 Å². The molecule has 2 fully saturated rings. The molecule has 2 heterocycles. The fourth-order valence-electron chi connectivity index (χ4n) is 5.95. The summed E-state index contributed by atoms with van der Waals surface area (Å²) in [5.41, 5.74) is 0. The van der Waals surface area contributed by atoms with Crippen LogP contribution >= 0.6 is 15.9 Å². The molecule has 2 aromatic rings. The van der Waals surface area contributed by atoms with Crippen LogP contribution in [0.5, 0.6) is 0 Å². The summed E-state index contributed by atoms with van der Waals surface area (Å²) in [6, 6.07) is 21.7. The van der Waals surface area contributed by atoms with Crippen LogP contribution in [0.15, 0.2) is 72.8 Å². The third-order valence-corrected chi connectivity index (χ3v) is 14.1. The number of allylic oxidation sites excluding steroid dienone is 2. The molecule has 0 N–H and O–H groups in total.